The first-order valence-electron chi connectivity index (χ1n) is 21.7. The maximum atomic E-state index is 4.83. The number of nitrogens with zero attached hydrogens (tertiary/aromatic N) is 4. The summed E-state index contributed by atoms with van der Waals surface area (Å²) in [6.45, 7) is 0. The van der Waals surface area contributed by atoms with E-state index < -0.39 is 0 Å². The largest absolute Gasteiger partial charge is 0.309 e. The molecule has 0 atom stereocenters. The van der Waals surface area contributed by atoms with Crippen LogP contribution in [0.3, 0.4) is 0 Å². The molecule has 0 bridgehead atoms. The van der Waals surface area contributed by atoms with Crippen LogP contribution in [0.15, 0.2) is 243 Å². The molecule has 2 heterocycles. The molecule has 10 aromatic carbocycles. The maximum Gasteiger partial charge on any atom is 0.168 e. The van der Waals surface area contributed by atoms with Gasteiger partial charge in [0.15, 0.2) is 11.6 Å². The standard InChI is InChI=1S/C60H40N4/c1-2-16-49(17-3-1)64-59(45-31-26-42(27-32-45)48-35-28-41-14-4-5-15-47(41)40-48)61-62-60(64)46-33-29-43(30-34-46)51-18-6-8-20-53(51)54-21-9-7-19-52(54)44-36-38-50(39-37-44)63-57-24-12-10-22-55(57)56-23-11-13-25-58(56)63/h1-40H. The lowest BCUT2D eigenvalue weighted by molar-refractivity contribution is 1.07. The van der Waals surface area contributed by atoms with Gasteiger partial charge in [-0.2, -0.15) is 0 Å². The quantitative estimate of drug-likeness (QED) is 0.153. The summed E-state index contributed by atoms with van der Waals surface area (Å²) in [5, 5.41) is 14.6. The summed E-state index contributed by atoms with van der Waals surface area (Å²) in [6.07, 6.45) is 0. The van der Waals surface area contributed by atoms with E-state index in [1.54, 1.807) is 0 Å². The Labute approximate surface area is 371 Å². The third-order valence-corrected chi connectivity index (χ3v) is 12.5. The number of hydrogen-bond acceptors (Lipinski definition) is 2. The molecule has 0 radical (unpaired) electrons. The molecule has 2 aromatic heterocycles. The van der Waals surface area contributed by atoms with Crippen LogP contribution in [0.5, 0.6) is 0 Å². The molecule has 12 rings (SSSR count). The van der Waals surface area contributed by atoms with Crippen LogP contribution in [0.2, 0.25) is 0 Å². The van der Waals surface area contributed by atoms with Gasteiger partial charge < -0.3 is 4.57 Å². The van der Waals surface area contributed by atoms with Crippen molar-refractivity contribution in [2.24, 2.45) is 0 Å². The van der Waals surface area contributed by atoms with Crippen LogP contribution in [0.4, 0.5) is 0 Å². The Bertz CT molecular complexity index is 3580. The fraction of sp³-hybridized carbons (Fsp3) is 0. The van der Waals surface area contributed by atoms with Crippen molar-refractivity contribution in [3.05, 3.63) is 243 Å². The van der Waals surface area contributed by atoms with Gasteiger partial charge in [0.25, 0.3) is 0 Å². The molecule has 0 amide bonds. The van der Waals surface area contributed by atoms with Crippen molar-refractivity contribution in [1.82, 2.24) is 19.3 Å². The van der Waals surface area contributed by atoms with Crippen molar-refractivity contribution in [2.75, 3.05) is 0 Å². The lowest BCUT2D eigenvalue weighted by Gasteiger charge is -2.16. The molecule has 12 aromatic rings. The van der Waals surface area contributed by atoms with Crippen LogP contribution in [-0.4, -0.2) is 19.3 Å². The van der Waals surface area contributed by atoms with E-state index >= 15 is 0 Å². The first-order chi connectivity index (χ1) is 31.7. The number of hydrogen-bond donors (Lipinski definition) is 0. The molecule has 4 nitrogen and oxygen atoms in total. The Kier molecular flexibility index (Phi) is 9.12. The minimum Gasteiger partial charge on any atom is -0.309 e. The van der Waals surface area contributed by atoms with Crippen LogP contribution in [-0.2, 0) is 0 Å². The smallest absolute Gasteiger partial charge is 0.168 e. The minimum absolute atomic E-state index is 0.786. The SMILES string of the molecule is c1ccc(-n2c(-c3ccc(-c4ccc5ccccc5c4)cc3)nnc2-c2ccc(-c3ccccc3-c3ccccc3-c3ccc(-n4c5ccccc5c5ccccc54)cc3)cc2)cc1. The third kappa shape index (κ3) is 6.48. The highest BCUT2D eigenvalue weighted by Crippen LogP contribution is 2.40. The van der Waals surface area contributed by atoms with Crippen molar-refractivity contribution in [3.8, 4) is 78.7 Å². The van der Waals surface area contributed by atoms with Gasteiger partial charge in [0.05, 0.1) is 11.0 Å². The average molecular weight is 817 g/mol. The van der Waals surface area contributed by atoms with Gasteiger partial charge in [0.2, 0.25) is 0 Å². The fourth-order valence-electron chi connectivity index (χ4n) is 9.39. The predicted octanol–water partition coefficient (Wildman–Crippen LogP) is 15.5. The predicted molar refractivity (Wildman–Crippen MR) is 266 cm³/mol. The van der Waals surface area contributed by atoms with E-state index in [9.17, 15) is 0 Å². The number of benzene rings is 10. The van der Waals surface area contributed by atoms with E-state index in [4.69, 9.17) is 10.2 Å². The fourth-order valence-corrected chi connectivity index (χ4v) is 9.39. The zero-order valence-corrected chi connectivity index (χ0v) is 34.9. The number of para-hydroxylation sites is 3. The second-order valence-electron chi connectivity index (χ2n) is 16.2. The van der Waals surface area contributed by atoms with Crippen molar-refractivity contribution in [1.29, 1.82) is 0 Å². The Hall–Kier alpha value is -8.60. The highest BCUT2D eigenvalue weighted by atomic mass is 15.3. The van der Waals surface area contributed by atoms with Crippen LogP contribution >= 0.6 is 0 Å². The van der Waals surface area contributed by atoms with Crippen LogP contribution in [0.1, 0.15) is 0 Å². The van der Waals surface area contributed by atoms with Gasteiger partial charge >= 0.3 is 0 Å². The van der Waals surface area contributed by atoms with Crippen LogP contribution < -0.4 is 0 Å². The molecule has 0 saturated carbocycles. The Balaban J connectivity index is 0.874. The van der Waals surface area contributed by atoms with E-state index in [-0.39, 0.29) is 0 Å². The molecule has 4 heteroatoms. The molecule has 0 fully saturated rings. The normalized spacial score (nSPS) is 11.4. The second-order valence-corrected chi connectivity index (χ2v) is 16.2. The molecule has 0 N–H and O–H groups in total. The molecule has 0 aliphatic carbocycles. The van der Waals surface area contributed by atoms with Gasteiger partial charge in [-0.25, -0.2) is 0 Å². The monoisotopic (exact) mass is 816 g/mol. The summed E-state index contributed by atoms with van der Waals surface area (Å²) in [5.74, 6) is 1.58. The van der Waals surface area contributed by atoms with Crippen molar-refractivity contribution in [3.63, 3.8) is 0 Å². The molecule has 64 heavy (non-hydrogen) atoms. The summed E-state index contributed by atoms with van der Waals surface area (Å²) < 4.78 is 4.53. The van der Waals surface area contributed by atoms with Crippen molar-refractivity contribution in [2.45, 2.75) is 0 Å². The number of rotatable bonds is 8. The minimum atomic E-state index is 0.786. The second kappa shape index (κ2) is 15.7. The molecule has 0 unspecified atom stereocenters. The van der Waals surface area contributed by atoms with E-state index in [1.165, 1.54) is 66.0 Å². The molecule has 0 saturated heterocycles. The lowest BCUT2D eigenvalue weighted by atomic mass is 9.89. The van der Waals surface area contributed by atoms with Crippen molar-refractivity contribution >= 4 is 32.6 Å². The van der Waals surface area contributed by atoms with Gasteiger partial charge in [-0.15, -0.1) is 10.2 Å². The number of aromatic nitrogens is 4. The molecule has 0 aliphatic rings. The molecular weight excluding hydrogens is 777 g/mol. The van der Waals surface area contributed by atoms with Gasteiger partial charge in [-0.3, -0.25) is 4.57 Å². The van der Waals surface area contributed by atoms with Crippen LogP contribution in [0, 0.1) is 0 Å². The summed E-state index contributed by atoms with van der Waals surface area (Å²) in [5.41, 5.74) is 15.9. The molecule has 0 spiro atoms. The Morgan fingerprint density at radius 3 is 1.23 bits per heavy atom. The van der Waals surface area contributed by atoms with Crippen LogP contribution in [0.25, 0.3) is 111 Å². The van der Waals surface area contributed by atoms with E-state index in [0.717, 1.165) is 45.3 Å². The molecular formula is C60H40N4. The highest BCUT2D eigenvalue weighted by molar-refractivity contribution is 6.09. The first-order valence-corrected chi connectivity index (χ1v) is 21.7. The zero-order chi connectivity index (χ0) is 42.4. The Morgan fingerprint density at radius 2 is 0.656 bits per heavy atom. The Morgan fingerprint density at radius 1 is 0.250 bits per heavy atom. The molecule has 300 valence electrons. The van der Waals surface area contributed by atoms with E-state index in [2.05, 4.69) is 246 Å². The van der Waals surface area contributed by atoms with Crippen molar-refractivity contribution < 1.29 is 0 Å². The number of fused-ring (bicyclic) bond motifs is 4. The summed E-state index contributed by atoms with van der Waals surface area (Å²) in [4.78, 5) is 0. The van der Waals surface area contributed by atoms with Gasteiger partial charge in [0, 0.05) is 33.3 Å². The van der Waals surface area contributed by atoms with Gasteiger partial charge in [0.1, 0.15) is 0 Å². The third-order valence-electron chi connectivity index (χ3n) is 12.5. The van der Waals surface area contributed by atoms with Gasteiger partial charge in [-0.1, -0.05) is 200 Å². The van der Waals surface area contributed by atoms with Gasteiger partial charge in [-0.05, 0) is 97.7 Å². The summed E-state index contributed by atoms with van der Waals surface area (Å²) in [6, 6.07) is 86.7. The first kappa shape index (κ1) is 37.2. The molecule has 0 aliphatic heterocycles. The lowest BCUT2D eigenvalue weighted by Crippen LogP contribution is -2.00. The summed E-state index contributed by atoms with van der Waals surface area (Å²) in [7, 11) is 0. The zero-order valence-electron chi connectivity index (χ0n) is 34.9. The summed E-state index contributed by atoms with van der Waals surface area (Å²) >= 11 is 0. The average Bonchev–Trinajstić information content (AvgIpc) is 3.97. The van der Waals surface area contributed by atoms with E-state index in [1.807, 2.05) is 6.07 Å². The topological polar surface area (TPSA) is 35.6 Å². The van der Waals surface area contributed by atoms with E-state index in [0.29, 0.717) is 0 Å². The highest BCUT2D eigenvalue weighted by Gasteiger charge is 2.19. The maximum absolute atomic E-state index is 4.83.